The molecule has 2 N–H and O–H groups in total. The van der Waals surface area contributed by atoms with Crippen LogP contribution in [0.2, 0.25) is 0 Å². The van der Waals surface area contributed by atoms with E-state index in [9.17, 15) is 14.0 Å². The van der Waals surface area contributed by atoms with E-state index in [2.05, 4.69) is 20.4 Å². The van der Waals surface area contributed by atoms with Gasteiger partial charge in [0.15, 0.2) is 5.82 Å². The zero-order valence-electron chi connectivity index (χ0n) is 14.0. The highest BCUT2D eigenvalue weighted by molar-refractivity contribution is 6.06. The number of benzene rings is 1. The summed E-state index contributed by atoms with van der Waals surface area (Å²) in [6, 6.07) is 4.49. The summed E-state index contributed by atoms with van der Waals surface area (Å²) in [5.41, 5.74) is -0.0878. The SMILES string of the molecule is CC(C)c1noc(C(C)NC(=O)c2cc(=O)[nH]c3cc(F)ccc23)n1. The zero-order chi connectivity index (χ0) is 18.1. The van der Waals surface area contributed by atoms with Crippen LogP contribution in [0.15, 0.2) is 33.6 Å². The van der Waals surface area contributed by atoms with E-state index in [0.29, 0.717) is 11.2 Å². The summed E-state index contributed by atoms with van der Waals surface area (Å²) in [6.07, 6.45) is 0. The lowest BCUT2D eigenvalue weighted by Gasteiger charge is -2.11. The first-order chi connectivity index (χ1) is 11.8. The highest BCUT2D eigenvalue weighted by Crippen LogP contribution is 2.19. The molecule has 0 bridgehead atoms. The molecular formula is C17H17FN4O3. The molecule has 0 saturated carbocycles. The minimum Gasteiger partial charge on any atom is -0.340 e. The molecule has 0 fully saturated rings. The van der Waals surface area contributed by atoms with E-state index in [1.807, 2.05) is 13.8 Å². The van der Waals surface area contributed by atoms with Gasteiger partial charge in [-0.3, -0.25) is 9.59 Å². The Kier molecular flexibility index (Phi) is 4.35. The van der Waals surface area contributed by atoms with Gasteiger partial charge in [-0.15, -0.1) is 0 Å². The van der Waals surface area contributed by atoms with Gasteiger partial charge in [-0.25, -0.2) is 4.39 Å². The summed E-state index contributed by atoms with van der Waals surface area (Å²) >= 11 is 0. The highest BCUT2D eigenvalue weighted by Gasteiger charge is 2.20. The molecule has 8 heteroatoms. The standard InChI is InChI=1S/C17H17FN4O3/c1-8(2)15-21-17(25-22-15)9(3)19-16(24)12-7-14(23)20-13-6-10(18)4-5-11(12)13/h4-9H,1-3H3,(H,19,24)(H,20,23). The van der Waals surface area contributed by atoms with E-state index in [4.69, 9.17) is 4.52 Å². The van der Waals surface area contributed by atoms with Crippen LogP contribution in [0, 0.1) is 5.82 Å². The first kappa shape index (κ1) is 16.8. The smallest absolute Gasteiger partial charge is 0.252 e. The number of aromatic amines is 1. The van der Waals surface area contributed by atoms with Crippen molar-refractivity contribution in [2.75, 3.05) is 0 Å². The summed E-state index contributed by atoms with van der Waals surface area (Å²) in [6.45, 7) is 5.56. The fourth-order valence-corrected chi connectivity index (χ4v) is 2.41. The van der Waals surface area contributed by atoms with Crippen molar-refractivity contribution < 1.29 is 13.7 Å². The minimum absolute atomic E-state index is 0.104. The third-order valence-electron chi connectivity index (χ3n) is 3.74. The molecule has 0 saturated heterocycles. The number of nitrogens with one attached hydrogen (secondary N) is 2. The number of carbonyl (C=O) groups excluding carboxylic acids is 1. The second-order valence-corrected chi connectivity index (χ2v) is 6.08. The second-order valence-electron chi connectivity index (χ2n) is 6.08. The van der Waals surface area contributed by atoms with Gasteiger partial charge in [0.05, 0.1) is 11.1 Å². The van der Waals surface area contributed by atoms with Crippen LogP contribution in [0.25, 0.3) is 10.9 Å². The predicted molar refractivity (Wildman–Crippen MR) is 88.8 cm³/mol. The average Bonchev–Trinajstić information content (AvgIpc) is 3.03. The van der Waals surface area contributed by atoms with Gasteiger partial charge in [-0.2, -0.15) is 4.98 Å². The van der Waals surface area contributed by atoms with Crippen molar-refractivity contribution in [3.63, 3.8) is 0 Å². The zero-order valence-corrected chi connectivity index (χ0v) is 14.0. The molecule has 0 aliphatic carbocycles. The van der Waals surface area contributed by atoms with Gasteiger partial charge in [-0.1, -0.05) is 19.0 Å². The van der Waals surface area contributed by atoms with Crippen LogP contribution in [0.1, 0.15) is 54.8 Å². The summed E-state index contributed by atoms with van der Waals surface area (Å²) < 4.78 is 18.5. The van der Waals surface area contributed by atoms with Gasteiger partial charge in [0.2, 0.25) is 11.4 Å². The quantitative estimate of drug-likeness (QED) is 0.758. The van der Waals surface area contributed by atoms with E-state index >= 15 is 0 Å². The number of nitrogens with zero attached hydrogens (tertiary/aromatic N) is 2. The summed E-state index contributed by atoms with van der Waals surface area (Å²) in [4.78, 5) is 31.1. The number of fused-ring (bicyclic) bond motifs is 1. The van der Waals surface area contributed by atoms with Gasteiger partial charge in [0.25, 0.3) is 5.91 Å². The molecular weight excluding hydrogens is 327 g/mol. The lowest BCUT2D eigenvalue weighted by molar-refractivity contribution is 0.0934. The average molecular weight is 344 g/mol. The molecule has 7 nitrogen and oxygen atoms in total. The Balaban J connectivity index is 1.90. The van der Waals surface area contributed by atoms with Gasteiger partial charge in [-0.05, 0) is 25.1 Å². The lowest BCUT2D eigenvalue weighted by atomic mass is 10.1. The molecule has 0 aliphatic heterocycles. The highest BCUT2D eigenvalue weighted by atomic mass is 19.1. The van der Waals surface area contributed by atoms with Crippen molar-refractivity contribution in [1.29, 1.82) is 0 Å². The number of H-pyrrole nitrogens is 1. The Morgan fingerprint density at radius 3 is 2.72 bits per heavy atom. The molecule has 1 atom stereocenters. The molecule has 25 heavy (non-hydrogen) atoms. The van der Waals surface area contributed by atoms with Crippen molar-refractivity contribution >= 4 is 16.8 Å². The molecule has 0 spiro atoms. The number of rotatable bonds is 4. The molecule has 0 radical (unpaired) electrons. The van der Waals surface area contributed by atoms with E-state index in [-0.39, 0.29) is 22.9 Å². The summed E-state index contributed by atoms with van der Waals surface area (Å²) in [7, 11) is 0. The van der Waals surface area contributed by atoms with Gasteiger partial charge in [0, 0.05) is 17.4 Å². The van der Waals surface area contributed by atoms with Crippen LogP contribution >= 0.6 is 0 Å². The summed E-state index contributed by atoms with van der Waals surface area (Å²) in [5.74, 6) is -0.0574. The number of pyridine rings is 1. The lowest BCUT2D eigenvalue weighted by Crippen LogP contribution is -2.28. The number of amides is 1. The molecule has 3 aromatic rings. The van der Waals surface area contributed by atoms with Crippen LogP contribution < -0.4 is 10.9 Å². The van der Waals surface area contributed by atoms with Gasteiger partial charge < -0.3 is 14.8 Å². The van der Waals surface area contributed by atoms with Gasteiger partial charge >= 0.3 is 0 Å². The van der Waals surface area contributed by atoms with E-state index in [0.717, 1.165) is 0 Å². The van der Waals surface area contributed by atoms with E-state index in [1.54, 1.807) is 6.92 Å². The van der Waals surface area contributed by atoms with Crippen LogP contribution in [0.5, 0.6) is 0 Å². The third-order valence-corrected chi connectivity index (χ3v) is 3.74. The fraction of sp³-hybridized carbons (Fsp3) is 0.294. The summed E-state index contributed by atoms with van der Waals surface area (Å²) in [5, 5.41) is 7.02. The monoisotopic (exact) mass is 344 g/mol. The number of aromatic nitrogens is 3. The van der Waals surface area contributed by atoms with Crippen molar-refractivity contribution in [3.8, 4) is 0 Å². The first-order valence-electron chi connectivity index (χ1n) is 7.82. The van der Waals surface area contributed by atoms with Crippen LogP contribution in [-0.2, 0) is 0 Å². The first-order valence-corrected chi connectivity index (χ1v) is 7.82. The molecule has 2 aromatic heterocycles. The minimum atomic E-state index is -0.540. The van der Waals surface area contributed by atoms with Crippen molar-refractivity contribution in [3.05, 3.63) is 57.7 Å². The molecule has 130 valence electrons. The van der Waals surface area contributed by atoms with Crippen molar-refractivity contribution in [2.24, 2.45) is 0 Å². The molecule has 1 amide bonds. The topological polar surface area (TPSA) is 101 Å². The van der Waals surface area contributed by atoms with Crippen LogP contribution in [0.4, 0.5) is 4.39 Å². The largest absolute Gasteiger partial charge is 0.340 e. The fourth-order valence-electron chi connectivity index (χ4n) is 2.41. The van der Waals surface area contributed by atoms with E-state index in [1.165, 1.54) is 24.3 Å². The number of halogens is 1. The van der Waals surface area contributed by atoms with Crippen LogP contribution in [0.3, 0.4) is 0 Å². The normalized spacial score (nSPS) is 12.5. The van der Waals surface area contributed by atoms with Gasteiger partial charge in [0.1, 0.15) is 11.9 Å². The maximum Gasteiger partial charge on any atom is 0.252 e. The number of hydrogen-bond donors (Lipinski definition) is 2. The predicted octanol–water partition coefficient (Wildman–Crippen LogP) is 2.66. The van der Waals surface area contributed by atoms with Crippen LogP contribution in [-0.4, -0.2) is 21.0 Å². The number of carbonyl (C=O) groups is 1. The Morgan fingerprint density at radius 2 is 2.04 bits per heavy atom. The third kappa shape index (κ3) is 3.42. The Hall–Kier alpha value is -3.03. The molecule has 3 rings (SSSR count). The van der Waals surface area contributed by atoms with Crippen molar-refractivity contribution in [2.45, 2.75) is 32.7 Å². The second kappa shape index (κ2) is 6.46. The Labute approximate surface area is 142 Å². The maximum atomic E-state index is 13.3. The number of hydrogen-bond acceptors (Lipinski definition) is 5. The Bertz CT molecular complexity index is 993. The Morgan fingerprint density at radius 1 is 1.28 bits per heavy atom. The molecule has 1 unspecified atom stereocenters. The van der Waals surface area contributed by atoms with Crippen molar-refractivity contribution in [1.82, 2.24) is 20.4 Å². The molecule has 0 aliphatic rings. The molecule has 2 heterocycles. The van der Waals surface area contributed by atoms with E-state index < -0.39 is 23.3 Å². The molecule has 1 aromatic carbocycles. The maximum absolute atomic E-state index is 13.3.